The van der Waals surface area contributed by atoms with Crippen LogP contribution in [-0.2, 0) is 10.0 Å². The number of hydrogen-bond donors (Lipinski definition) is 2. The molecule has 5 nitrogen and oxygen atoms in total. The largest absolute Gasteiger partial charge is 0.316 e. The van der Waals surface area contributed by atoms with Crippen LogP contribution >= 0.6 is 28.3 Å². The summed E-state index contributed by atoms with van der Waals surface area (Å²) in [7, 11) is -1.84. The van der Waals surface area contributed by atoms with Crippen molar-refractivity contribution in [1.82, 2.24) is 10.0 Å². The molecule has 0 spiro atoms. The Kier molecular flexibility index (Phi) is 7.55. The summed E-state index contributed by atoms with van der Waals surface area (Å²) >= 11 is 3.18. The van der Waals surface area contributed by atoms with Crippen LogP contribution in [0.1, 0.15) is 12.5 Å². The lowest BCUT2D eigenvalue weighted by Crippen LogP contribution is -2.37. The van der Waals surface area contributed by atoms with Crippen LogP contribution in [0.15, 0.2) is 27.6 Å². The Morgan fingerprint density at radius 3 is 2.58 bits per heavy atom. The Bertz CT molecular complexity index is 572. The van der Waals surface area contributed by atoms with E-state index in [1.807, 2.05) is 13.0 Å². The predicted octanol–water partition coefficient (Wildman–Crippen LogP) is 1.63. The molecule has 0 aliphatic rings. The number of sulfonamides is 1. The second kappa shape index (κ2) is 7.82. The van der Waals surface area contributed by atoms with Crippen molar-refractivity contribution in [2.45, 2.75) is 17.9 Å². The van der Waals surface area contributed by atoms with Crippen molar-refractivity contribution in [3.05, 3.63) is 28.2 Å². The maximum Gasteiger partial charge on any atom is 0.240 e. The normalized spacial score (nSPS) is 12.3. The fourth-order valence-corrected chi connectivity index (χ4v) is 3.05. The van der Waals surface area contributed by atoms with Crippen LogP contribution in [0.2, 0.25) is 0 Å². The zero-order chi connectivity index (χ0) is 13.8. The van der Waals surface area contributed by atoms with Gasteiger partial charge >= 0.3 is 0 Å². The molecule has 19 heavy (non-hydrogen) atoms. The summed E-state index contributed by atoms with van der Waals surface area (Å²) in [6.07, 6.45) is 0. The third kappa shape index (κ3) is 5.47. The van der Waals surface area contributed by atoms with Crippen LogP contribution in [0.3, 0.4) is 0 Å². The number of rotatable bonds is 5. The SMILES string of the molecule is CNC(C)CNS(=O)(=O)c1cc(Br)cc(C#N)c1.Cl. The van der Waals surface area contributed by atoms with E-state index < -0.39 is 10.0 Å². The minimum Gasteiger partial charge on any atom is -0.316 e. The van der Waals surface area contributed by atoms with Gasteiger partial charge in [0.1, 0.15) is 0 Å². The molecule has 0 saturated carbocycles. The van der Waals surface area contributed by atoms with E-state index in [-0.39, 0.29) is 29.9 Å². The van der Waals surface area contributed by atoms with Crippen LogP contribution in [-0.4, -0.2) is 28.1 Å². The molecule has 0 heterocycles. The Labute approximate surface area is 128 Å². The lowest BCUT2D eigenvalue weighted by atomic mass is 10.2. The Balaban J connectivity index is 0.00000324. The quantitative estimate of drug-likeness (QED) is 0.827. The van der Waals surface area contributed by atoms with Crippen molar-refractivity contribution in [1.29, 1.82) is 5.26 Å². The van der Waals surface area contributed by atoms with Gasteiger partial charge in [0.2, 0.25) is 10.0 Å². The summed E-state index contributed by atoms with van der Waals surface area (Å²) in [5.41, 5.74) is 0.298. The fraction of sp³-hybridized carbons (Fsp3) is 0.364. The van der Waals surface area contributed by atoms with Crippen LogP contribution in [0.25, 0.3) is 0 Å². The molecule has 0 radical (unpaired) electrons. The first kappa shape index (κ1) is 18.4. The minimum atomic E-state index is -3.59. The van der Waals surface area contributed by atoms with E-state index in [2.05, 4.69) is 26.0 Å². The minimum absolute atomic E-state index is 0. The van der Waals surface area contributed by atoms with Gasteiger partial charge in [-0.1, -0.05) is 15.9 Å². The van der Waals surface area contributed by atoms with Crippen LogP contribution in [0.5, 0.6) is 0 Å². The standard InChI is InChI=1S/C11H14BrN3O2S.ClH/c1-8(14-2)7-15-18(16,17)11-4-9(6-13)3-10(12)5-11;/h3-5,8,14-15H,7H2,1-2H3;1H. The molecule has 106 valence electrons. The molecule has 0 fully saturated rings. The molecule has 0 aliphatic heterocycles. The van der Waals surface area contributed by atoms with Crippen molar-refractivity contribution in [3.8, 4) is 6.07 Å². The van der Waals surface area contributed by atoms with Gasteiger partial charge in [-0.15, -0.1) is 12.4 Å². The molecule has 1 atom stereocenters. The topological polar surface area (TPSA) is 82.0 Å². The molecule has 1 aromatic rings. The second-order valence-corrected chi connectivity index (χ2v) is 6.51. The van der Waals surface area contributed by atoms with E-state index in [4.69, 9.17) is 5.26 Å². The predicted molar refractivity (Wildman–Crippen MR) is 79.8 cm³/mol. The van der Waals surface area contributed by atoms with Crippen molar-refractivity contribution in [3.63, 3.8) is 0 Å². The van der Waals surface area contributed by atoms with E-state index >= 15 is 0 Å². The first-order valence-corrected chi connectivity index (χ1v) is 7.54. The number of nitrogens with one attached hydrogen (secondary N) is 2. The van der Waals surface area contributed by atoms with Gasteiger partial charge in [-0.25, -0.2) is 13.1 Å². The fourth-order valence-electron chi connectivity index (χ4n) is 1.20. The number of benzene rings is 1. The molecule has 2 N–H and O–H groups in total. The van der Waals surface area contributed by atoms with Crippen molar-refractivity contribution >= 4 is 38.4 Å². The maximum atomic E-state index is 12.0. The van der Waals surface area contributed by atoms with E-state index in [0.29, 0.717) is 10.0 Å². The monoisotopic (exact) mass is 367 g/mol. The van der Waals surface area contributed by atoms with Gasteiger partial charge in [0.05, 0.1) is 16.5 Å². The summed E-state index contributed by atoms with van der Waals surface area (Å²) in [6, 6.07) is 6.33. The highest BCUT2D eigenvalue weighted by molar-refractivity contribution is 9.10. The Hall–Kier alpha value is -0.650. The third-order valence-corrected chi connectivity index (χ3v) is 4.24. The lowest BCUT2D eigenvalue weighted by Gasteiger charge is -2.12. The highest BCUT2D eigenvalue weighted by Crippen LogP contribution is 2.19. The van der Waals surface area contributed by atoms with Gasteiger partial charge in [-0.3, -0.25) is 0 Å². The number of nitriles is 1. The van der Waals surface area contributed by atoms with Gasteiger partial charge in [0.15, 0.2) is 0 Å². The molecule has 0 aromatic heterocycles. The zero-order valence-electron chi connectivity index (χ0n) is 10.5. The summed E-state index contributed by atoms with van der Waals surface area (Å²) in [6.45, 7) is 2.15. The summed E-state index contributed by atoms with van der Waals surface area (Å²) in [5, 5.41) is 11.7. The number of nitrogens with zero attached hydrogens (tertiary/aromatic N) is 1. The molecular weight excluding hydrogens is 354 g/mol. The van der Waals surface area contributed by atoms with E-state index in [1.165, 1.54) is 12.1 Å². The molecule has 8 heteroatoms. The van der Waals surface area contributed by atoms with Gasteiger partial charge in [-0.2, -0.15) is 5.26 Å². The Morgan fingerprint density at radius 1 is 1.42 bits per heavy atom. The first-order valence-electron chi connectivity index (χ1n) is 5.26. The summed E-state index contributed by atoms with van der Waals surface area (Å²) < 4.78 is 27.1. The van der Waals surface area contributed by atoms with Crippen LogP contribution in [0.4, 0.5) is 0 Å². The zero-order valence-corrected chi connectivity index (χ0v) is 13.7. The molecule has 0 saturated heterocycles. The third-order valence-electron chi connectivity index (χ3n) is 2.38. The van der Waals surface area contributed by atoms with Gasteiger partial charge in [-0.05, 0) is 32.2 Å². The highest BCUT2D eigenvalue weighted by Gasteiger charge is 2.16. The van der Waals surface area contributed by atoms with E-state index in [9.17, 15) is 8.42 Å². The first-order chi connectivity index (χ1) is 8.39. The van der Waals surface area contributed by atoms with Gasteiger partial charge in [0, 0.05) is 17.1 Å². The summed E-state index contributed by atoms with van der Waals surface area (Å²) in [5.74, 6) is 0. The van der Waals surface area contributed by atoms with Crippen LogP contribution < -0.4 is 10.0 Å². The number of hydrogen-bond acceptors (Lipinski definition) is 4. The average Bonchev–Trinajstić information content (AvgIpc) is 2.35. The van der Waals surface area contributed by atoms with Gasteiger partial charge in [0.25, 0.3) is 0 Å². The summed E-state index contributed by atoms with van der Waals surface area (Å²) in [4.78, 5) is 0.0803. The molecule has 1 aromatic carbocycles. The Morgan fingerprint density at radius 2 is 2.05 bits per heavy atom. The van der Waals surface area contributed by atoms with Gasteiger partial charge < -0.3 is 5.32 Å². The van der Waals surface area contributed by atoms with E-state index in [1.54, 1.807) is 13.1 Å². The van der Waals surface area contributed by atoms with Crippen molar-refractivity contribution in [2.75, 3.05) is 13.6 Å². The lowest BCUT2D eigenvalue weighted by molar-refractivity contribution is 0.554. The van der Waals surface area contributed by atoms with Crippen molar-refractivity contribution < 1.29 is 8.42 Å². The maximum absolute atomic E-state index is 12.0. The molecular formula is C11H15BrClN3O2S. The average molecular weight is 369 g/mol. The number of likely N-dealkylation sites (N-methyl/N-ethyl adjacent to an activating group) is 1. The van der Waals surface area contributed by atoms with Crippen LogP contribution in [0, 0.1) is 11.3 Å². The second-order valence-electron chi connectivity index (χ2n) is 3.83. The molecule has 1 unspecified atom stereocenters. The molecule has 0 amide bonds. The smallest absolute Gasteiger partial charge is 0.240 e. The molecule has 0 aliphatic carbocycles. The molecule has 0 bridgehead atoms. The molecule has 1 rings (SSSR count). The highest BCUT2D eigenvalue weighted by atomic mass is 79.9. The number of halogens is 2. The van der Waals surface area contributed by atoms with E-state index in [0.717, 1.165) is 0 Å². The van der Waals surface area contributed by atoms with Crippen molar-refractivity contribution in [2.24, 2.45) is 0 Å².